The van der Waals surface area contributed by atoms with Crippen LogP contribution in [0, 0.1) is 0 Å². The molecule has 33 heavy (non-hydrogen) atoms. The molecule has 0 saturated heterocycles. The van der Waals surface area contributed by atoms with Crippen LogP contribution in [0.25, 0.3) is 11.2 Å². The van der Waals surface area contributed by atoms with Gasteiger partial charge in [-0.1, -0.05) is 48.5 Å². The van der Waals surface area contributed by atoms with E-state index >= 15 is 0 Å². The standard InChI is InChI=1S/C23H25N7O3/c1-28-19-18(20(31)29(2)23(28)33)30(15-16-9-5-3-6-10-16)21(27-19)24-13-14-25-22(32)26-17-11-7-4-8-12-17/h3-12H,13-15H2,1-2H3,(H,24,27)(H2,25,26,32). The van der Waals surface area contributed by atoms with Gasteiger partial charge < -0.3 is 16.0 Å². The third-order valence-electron chi connectivity index (χ3n) is 5.26. The molecule has 0 bridgehead atoms. The minimum atomic E-state index is -0.442. The number of rotatable bonds is 7. The lowest BCUT2D eigenvalue weighted by Crippen LogP contribution is -2.37. The van der Waals surface area contributed by atoms with E-state index in [1.165, 1.54) is 11.6 Å². The van der Waals surface area contributed by atoms with E-state index in [0.717, 1.165) is 10.1 Å². The van der Waals surface area contributed by atoms with Crippen LogP contribution in [0.4, 0.5) is 16.4 Å². The lowest BCUT2D eigenvalue weighted by molar-refractivity contribution is 0.252. The molecular formula is C23H25N7O3. The normalized spacial score (nSPS) is 10.8. The highest BCUT2D eigenvalue weighted by Crippen LogP contribution is 2.17. The number of para-hydroxylation sites is 1. The van der Waals surface area contributed by atoms with Crippen LogP contribution in [-0.2, 0) is 20.6 Å². The molecule has 0 aliphatic heterocycles. The topological polar surface area (TPSA) is 115 Å². The molecule has 2 aromatic heterocycles. The number of aromatic nitrogens is 4. The predicted octanol–water partition coefficient (Wildman–Crippen LogP) is 1.72. The quantitative estimate of drug-likeness (QED) is 0.373. The second-order valence-corrected chi connectivity index (χ2v) is 7.56. The van der Waals surface area contributed by atoms with Crippen LogP contribution >= 0.6 is 0 Å². The summed E-state index contributed by atoms with van der Waals surface area (Å²) in [6, 6.07) is 18.5. The Hall–Kier alpha value is -4.34. The van der Waals surface area contributed by atoms with E-state index in [-0.39, 0.29) is 6.03 Å². The molecule has 3 N–H and O–H groups in total. The summed E-state index contributed by atoms with van der Waals surface area (Å²) in [5, 5.41) is 8.71. The summed E-state index contributed by atoms with van der Waals surface area (Å²) in [5.74, 6) is 0.442. The number of urea groups is 1. The zero-order valence-electron chi connectivity index (χ0n) is 18.4. The van der Waals surface area contributed by atoms with Gasteiger partial charge >= 0.3 is 11.7 Å². The van der Waals surface area contributed by atoms with Crippen LogP contribution in [0.15, 0.2) is 70.3 Å². The fourth-order valence-corrected chi connectivity index (χ4v) is 3.55. The van der Waals surface area contributed by atoms with Gasteiger partial charge in [-0.3, -0.25) is 18.5 Å². The molecule has 0 aliphatic carbocycles. The van der Waals surface area contributed by atoms with Crippen molar-refractivity contribution in [2.75, 3.05) is 23.7 Å². The van der Waals surface area contributed by atoms with Crippen LogP contribution in [0.1, 0.15) is 5.56 Å². The van der Waals surface area contributed by atoms with Gasteiger partial charge in [0.15, 0.2) is 11.2 Å². The van der Waals surface area contributed by atoms with Gasteiger partial charge in [0.1, 0.15) is 0 Å². The summed E-state index contributed by atoms with van der Waals surface area (Å²) in [4.78, 5) is 41.9. The van der Waals surface area contributed by atoms with E-state index in [0.29, 0.717) is 42.4 Å². The highest BCUT2D eigenvalue weighted by atomic mass is 16.2. The first kappa shape index (κ1) is 21.9. The maximum atomic E-state index is 12.9. The Balaban J connectivity index is 1.55. The van der Waals surface area contributed by atoms with E-state index in [4.69, 9.17) is 0 Å². The predicted molar refractivity (Wildman–Crippen MR) is 128 cm³/mol. The monoisotopic (exact) mass is 447 g/mol. The van der Waals surface area contributed by atoms with Crippen molar-refractivity contribution in [3.05, 3.63) is 87.1 Å². The zero-order valence-corrected chi connectivity index (χ0v) is 18.4. The van der Waals surface area contributed by atoms with Crippen molar-refractivity contribution in [2.45, 2.75) is 6.54 Å². The van der Waals surface area contributed by atoms with Crippen molar-refractivity contribution < 1.29 is 4.79 Å². The molecule has 0 atom stereocenters. The molecule has 0 saturated carbocycles. The first-order valence-corrected chi connectivity index (χ1v) is 10.5. The van der Waals surface area contributed by atoms with E-state index < -0.39 is 11.2 Å². The summed E-state index contributed by atoms with van der Waals surface area (Å²) in [6.45, 7) is 1.09. The third kappa shape index (κ3) is 4.64. The number of carbonyl (C=O) groups is 1. The van der Waals surface area contributed by atoms with Crippen LogP contribution < -0.4 is 27.2 Å². The summed E-state index contributed by atoms with van der Waals surface area (Å²) in [7, 11) is 3.04. The average Bonchev–Trinajstić information content (AvgIpc) is 3.18. The summed E-state index contributed by atoms with van der Waals surface area (Å²) >= 11 is 0. The lowest BCUT2D eigenvalue weighted by atomic mass is 10.2. The van der Waals surface area contributed by atoms with Crippen LogP contribution in [0.3, 0.4) is 0 Å². The van der Waals surface area contributed by atoms with Gasteiger partial charge in [-0.15, -0.1) is 0 Å². The number of nitrogens with one attached hydrogen (secondary N) is 3. The number of benzene rings is 2. The van der Waals surface area contributed by atoms with Crippen LogP contribution in [-0.4, -0.2) is 37.8 Å². The number of imidazole rings is 1. The highest BCUT2D eigenvalue weighted by Gasteiger charge is 2.19. The fourth-order valence-electron chi connectivity index (χ4n) is 3.55. The Labute approximate surface area is 189 Å². The summed E-state index contributed by atoms with van der Waals surface area (Å²) in [5.41, 5.74) is 1.46. The van der Waals surface area contributed by atoms with Crippen molar-refractivity contribution in [3.63, 3.8) is 0 Å². The maximum absolute atomic E-state index is 12.9. The second kappa shape index (κ2) is 9.43. The van der Waals surface area contributed by atoms with Gasteiger partial charge in [-0.25, -0.2) is 9.59 Å². The summed E-state index contributed by atoms with van der Waals surface area (Å²) in [6.07, 6.45) is 0. The Morgan fingerprint density at radius 3 is 2.27 bits per heavy atom. The van der Waals surface area contributed by atoms with Gasteiger partial charge in [0.25, 0.3) is 5.56 Å². The largest absolute Gasteiger partial charge is 0.354 e. The Morgan fingerprint density at radius 1 is 0.909 bits per heavy atom. The number of aryl methyl sites for hydroxylation is 1. The second-order valence-electron chi connectivity index (χ2n) is 7.56. The molecule has 2 aromatic carbocycles. The number of amides is 2. The zero-order chi connectivity index (χ0) is 23.4. The minimum Gasteiger partial charge on any atom is -0.354 e. The Bertz CT molecular complexity index is 1390. The molecule has 0 aliphatic rings. The molecule has 170 valence electrons. The lowest BCUT2D eigenvalue weighted by Gasteiger charge is -2.12. The van der Waals surface area contributed by atoms with Gasteiger partial charge in [-0.05, 0) is 17.7 Å². The van der Waals surface area contributed by atoms with Crippen molar-refractivity contribution in [1.82, 2.24) is 24.0 Å². The van der Waals surface area contributed by atoms with Gasteiger partial charge in [0.05, 0.1) is 6.54 Å². The molecule has 2 heterocycles. The molecule has 0 radical (unpaired) electrons. The molecule has 10 heteroatoms. The first-order valence-electron chi connectivity index (χ1n) is 10.5. The fraction of sp³-hybridized carbons (Fsp3) is 0.217. The molecule has 0 fully saturated rings. The third-order valence-corrected chi connectivity index (χ3v) is 5.26. The van der Waals surface area contributed by atoms with Gasteiger partial charge in [-0.2, -0.15) is 4.98 Å². The highest BCUT2D eigenvalue weighted by molar-refractivity contribution is 5.89. The van der Waals surface area contributed by atoms with E-state index in [1.807, 2.05) is 48.5 Å². The number of hydrogen-bond acceptors (Lipinski definition) is 5. The Morgan fingerprint density at radius 2 is 1.58 bits per heavy atom. The molecular weight excluding hydrogens is 422 g/mol. The molecule has 0 spiro atoms. The van der Waals surface area contributed by atoms with Gasteiger partial charge in [0.2, 0.25) is 5.95 Å². The molecule has 4 aromatic rings. The smallest absolute Gasteiger partial charge is 0.332 e. The number of hydrogen-bond donors (Lipinski definition) is 3. The number of carbonyl (C=O) groups excluding carboxylic acids is 1. The van der Waals surface area contributed by atoms with Crippen molar-refractivity contribution >= 4 is 28.8 Å². The van der Waals surface area contributed by atoms with E-state index in [2.05, 4.69) is 20.9 Å². The van der Waals surface area contributed by atoms with Gasteiger partial charge in [0, 0.05) is 32.9 Å². The maximum Gasteiger partial charge on any atom is 0.332 e. The average molecular weight is 447 g/mol. The van der Waals surface area contributed by atoms with Crippen LogP contribution in [0.2, 0.25) is 0 Å². The van der Waals surface area contributed by atoms with Crippen molar-refractivity contribution in [2.24, 2.45) is 14.1 Å². The summed E-state index contributed by atoms with van der Waals surface area (Å²) < 4.78 is 4.19. The molecule has 4 rings (SSSR count). The first-order chi connectivity index (χ1) is 16.0. The van der Waals surface area contributed by atoms with Crippen molar-refractivity contribution in [1.29, 1.82) is 0 Å². The molecule has 10 nitrogen and oxygen atoms in total. The van der Waals surface area contributed by atoms with E-state index in [9.17, 15) is 14.4 Å². The molecule has 2 amide bonds. The number of nitrogens with zero attached hydrogens (tertiary/aromatic N) is 4. The number of fused-ring (bicyclic) bond motifs is 1. The van der Waals surface area contributed by atoms with Crippen molar-refractivity contribution in [3.8, 4) is 0 Å². The van der Waals surface area contributed by atoms with Crippen LogP contribution in [0.5, 0.6) is 0 Å². The minimum absolute atomic E-state index is 0.302. The molecule has 0 unspecified atom stereocenters. The number of anilines is 2. The van der Waals surface area contributed by atoms with E-state index in [1.54, 1.807) is 23.7 Å². The SMILES string of the molecule is Cn1c(=O)c2c(nc(NCCNC(=O)Nc3ccccc3)n2Cc2ccccc2)n(C)c1=O. The Kier molecular flexibility index (Phi) is 6.25.